The molecule has 26 heavy (non-hydrogen) atoms. The maximum Gasteiger partial charge on any atom is 0.416 e. The number of carbonyl (C=O) groups is 1. The lowest BCUT2D eigenvalue weighted by Gasteiger charge is -2.25. The average Bonchev–Trinajstić information content (AvgIpc) is 2.89. The summed E-state index contributed by atoms with van der Waals surface area (Å²) >= 11 is 0. The van der Waals surface area contributed by atoms with Crippen LogP contribution in [0.5, 0.6) is 0 Å². The second-order valence-corrected chi connectivity index (χ2v) is 7.34. The van der Waals surface area contributed by atoms with Crippen LogP contribution in [0.1, 0.15) is 50.0 Å². The van der Waals surface area contributed by atoms with Gasteiger partial charge in [0.25, 0.3) is 5.91 Å². The highest BCUT2D eigenvalue weighted by atomic mass is 19.4. The molecule has 1 amide bonds. The minimum Gasteiger partial charge on any atom is -0.351 e. The van der Waals surface area contributed by atoms with Gasteiger partial charge in [-0.3, -0.25) is 10.2 Å². The number of nitrogens with zero attached hydrogens (tertiary/aromatic N) is 1. The smallest absolute Gasteiger partial charge is 0.351 e. The minimum atomic E-state index is -4.44. The van der Waals surface area contributed by atoms with E-state index in [1.54, 1.807) is 0 Å². The fourth-order valence-corrected chi connectivity index (χ4v) is 2.39. The molecule has 1 heterocycles. The van der Waals surface area contributed by atoms with Crippen molar-refractivity contribution >= 4 is 11.9 Å². The van der Waals surface area contributed by atoms with Crippen molar-refractivity contribution < 1.29 is 18.0 Å². The highest BCUT2D eigenvalue weighted by Crippen LogP contribution is 2.29. The number of carbonyl (C=O) groups excluding carboxylic acids is 1. The number of hydrazine groups is 1. The average molecular weight is 371 g/mol. The first-order valence-electron chi connectivity index (χ1n) is 8.30. The number of hydrogen-bond donors (Lipinski definition) is 4. The van der Waals surface area contributed by atoms with Gasteiger partial charge in [-0.05, 0) is 58.4 Å². The number of aliphatic imine (C=N–C) groups is 1. The lowest BCUT2D eigenvalue weighted by Crippen LogP contribution is -2.54. The first kappa shape index (κ1) is 20.2. The molecule has 1 aliphatic rings. The summed E-state index contributed by atoms with van der Waals surface area (Å²) in [6.07, 6.45) is -3.79. The molecule has 1 saturated heterocycles. The summed E-state index contributed by atoms with van der Waals surface area (Å²) in [6, 6.07) is 4.25. The molecular formula is C17H24F3N5O. The molecule has 2 rings (SSSR count). The molecule has 9 heteroatoms. The van der Waals surface area contributed by atoms with Gasteiger partial charge < -0.3 is 10.6 Å². The maximum absolute atomic E-state index is 12.6. The Morgan fingerprint density at radius 1 is 1.15 bits per heavy atom. The van der Waals surface area contributed by atoms with E-state index >= 15 is 0 Å². The van der Waals surface area contributed by atoms with E-state index in [-0.39, 0.29) is 29.3 Å². The number of halogens is 3. The van der Waals surface area contributed by atoms with Crippen molar-refractivity contribution in [3.05, 3.63) is 35.4 Å². The van der Waals surface area contributed by atoms with Crippen LogP contribution >= 0.6 is 0 Å². The second kappa shape index (κ2) is 7.63. The Hall–Kier alpha value is -2.13. The normalized spacial score (nSPS) is 21.6. The molecule has 0 bridgehead atoms. The Labute approximate surface area is 150 Å². The van der Waals surface area contributed by atoms with E-state index in [1.165, 1.54) is 0 Å². The molecular weight excluding hydrogens is 347 g/mol. The van der Waals surface area contributed by atoms with Gasteiger partial charge in [-0.25, -0.2) is 5.43 Å². The molecule has 0 radical (unpaired) electrons. The van der Waals surface area contributed by atoms with E-state index in [9.17, 15) is 18.0 Å². The third-order valence-corrected chi connectivity index (χ3v) is 3.57. The zero-order valence-corrected chi connectivity index (χ0v) is 15.2. The lowest BCUT2D eigenvalue weighted by atomic mass is 10.1. The zero-order valence-electron chi connectivity index (χ0n) is 15.2. The summed E-state index contributed by atoms with van der Waals surface area (Å²) in [5.74, 6) is -0.368. The topological polar surface area (TPSA) is 77.5 Å². The van der Waals surface area contributed by atoms with Crippen LogP contribution in [0.15, 0.2) is 29.3 Å². The molecule has 1 fully saturated rings. The summed E-state index contributed by atoms with van der Waals surface area (Å²) in [7, 11) is 0. The van der Waals surface area contributed by atoms with Gasteiger partial charge in [0.05, 0.1) is 11.7 Å². The van der Waals surface area contributed by atoms with Crippen LogP contribution in [0.25, 0.3) is 0 Å². The van der Waals surface area contributed by atoms with Gasteiger partial charge in [-0.1, -0.05) is 0 Å². The van der Waals surface area contributed by atoms with Crippen molar-refractivity contribution in [3.63, 3.8) is 0 Å². The molecule has 1 aromatic rings. The molecule has 2 atom stereocenters. The van der Waals surface area contributed by atoms with E-state index < -0.39 is 17.6 Å². The van der Waals surface area contributed by atoms with Crippen molar-refractivity contribution in [2.45, 2.75) is 58.0 Å². The van der Waals surface area contributed by atoms with Gasteiger partial charge in [0.2, 0.25) is 5.96 Å². The second-order valence-electron chi connectivity index (χ2n) is 7.34. The van der Waals surface area contributed by atoms with E-state index in [2.05, 4.69) is 26.5 Å². The summed E-state index contributed by atoms with van der Waals surface area (Å²) in [5, 5.41) is 6.21. The molecule has 0 saturated carbocycles. The van der Waals surface area contributed by atoms with Gasteiger partial charge in [-0.15, -0.1) is 0 Å². The summed E-state index contributed by atoms with van der Waals surface area (Å²) in [4.78, 5) is 16.4. The van der Waals surface area contributed by atoms with Crippen molar-refractivity contribution in [3.8, 4) is 0 Å². The first-order valence-corrected chi connectivity index (χ1v) is 8.30. The molecule has 2 unspecified atom stereocenters. The zero-order chi connectivity index (χ0) is 19.5. The SMILES string of the molecule is CC1CC(N/C(=N\C(=O)c2ccc(C(F)(F)F)cc2)NC(C)(C)C)NN1. The quantitative estimate of drug-likeness (QED) is 0.474. The third kappa shape index (κ3) is 5.99. The summed E-state index contributed by atoms with van der Waals surface area (Å²) in [6.45, 7) is 7.75. The van der Waals surface area contributed by atoms with Gasteiger partial charge in [0, 0.05) is 17.1 Å². The fourth-order valence-electron chi connectivity index (χ4n) is 2.39. The number of alkyl halides is 3. The van der Waals surface area contributed by atoms with Crippen molar-refractivity contribution in [2.24, 2.45) is 4.99 Å². The maximum atomic E-state index is 12.6. The van der Waals surface area contributed by atoms with E-state index in [0.29, 0.717) is 0 Å². The molecule has 4 N–H and O–H groups in total. The van der Waals surface area contributed by atoms with E-state index in [0.717, 1.165) is 30.7 Å². The molecule has 144 valence electrons. The Kier molecular flexibility index (Phi) is 5.92. The summed E-state index contributed by atoms with van der Waals surface area (Å²) < 4.78 is 37.9. The standard InChI is InChI=1S/C17H24F3N5O/c1-10-9-13(25-24-10)21-15(23-16(2,3)4)22-14(26)11-5-7-12(8-6-11)17(18,19)20/h5-8,10,13,24-25H,9H2,1-4H3,(H2,21,22,23,26). The van der Waals surface area contributed by atoms with Gasteiger partial charge in [0.15, 0.2) is 0 Å². The first-order chi connectivity index (χ1) is 11.9. The van der Waals surface area contributed by atoms with Crippen LogP contribution in [0.3, 0.4) is 0 Å². The molecule has 0 spiro atoms. The number of rotatable bonds is 2. The summed E-state index contributed by atoms with van der Waals surface area (Å²) in [5.41, 5.74) is 5.02. The van der Waals surface area contributed by atoms with Crippen LogP contribution in [0, 0.1) is 0 Å². The predicted molar refractivity (Wildman–Crippen MR) is 93.4 cm³/mol. The Bertz CT molecular complexity index is 664. The third-order valence-electron chi connectivity index (χ3n) is 3.57. The van der Waals surface area contributed by atoms with Crippen LogP contribution in [-0.4, -0.2) is 29.6 Å². The van der Waals surface area contributed by atoms with Gasteiger partial charge in [-0.2, -0.15) is 18.2 Å². The van der Waals surface area contributed by atoms with Crippen molar-refractivity contribution in [2.75, 3.05) is 0 Å². The fraction of sp³-hybridized carbons (Fsp3) is 0.529. The van der Waals surface area contributed by atoms with Crippen LogP contribution < -0.4 is 21.5 Å². The number of hydrogen-bond acceptors (Lipinski definition) is 3. The number of amides is 1. The van der Waals surface area contributed by atoms with E-state index in [1.807, 2.05) is 27.7 Å². The Morgan fingerprint density at radius 3 is 2.23 bits per heavy atom. The molecule has 0 aliphatic carbocycles. The van der Waals surface area contributed by atoms with Gasteiger partial charge >= 0.3 is 6.18 Å². The van der Waals surface area contributed by atoms with E-state index in [4.69, 9.17) is 0 Å². The van der Waals surface area contributed by atoms with Crippen LogP contribution in [0.2, 0.25) is 0 Å². The lowest BCUT2D eigenvalue weighted by molar-refractivity contribution is -0.137. The van der Waals surface area contributed by atoms with Gasteiger partial charge in [0.1, 0.15) is 0 Å². The number of benzene rings is 1. The Balaban J connectivity index is 2.17. The van der Waals surface area contributed by atoms with Crippen molar-refractivity contribution in [1.82, 2.24) is 21.5 Å². The molecule has 0 aromatic heterocycles. The number of nitrogens with one attached hydrogen (secondary N) is 4. The highest BCUT2D eigenvalue weighted by molar-refractivity contribution is 6.02. The highest BCUT2D eigenvalue weighted by Gasteiger charge is 2.30. The monoisotopic (exact) mass is 371 g/mol. The number of guanidine groups is 1. The predicted octanol–water partition coefficient (Wildman–Crippen LogP) is 2.39. The largest absolute Gasteiger partial charge is 0.416 e. The molecule has 1 aromatic carbocycles. The molecule has 6 nitrogen and oxygen atoms in total. The van der Waals surface area contributed by atoms with Crippen molar-refractivity contribution in [1.29, 1.82) is 0 Å². The van der Waals surface area contributed by atoms with Crippen LogP contribution in [-0.2, 0) is 6.18 Å². The van der Waals surface area contributed by atoms with Crippen LogP contribution in [0.4, 0.5) is 13.2 Å². The molecule has 1 aliphatic heterocycles. The Morgan fingerprint density at radius 2 is 1.77 bits per heavy atom. The minimum absolute atomic E-state index is 0.0823.